The maximum Gasteiger partial charge on any atom is 0.331 e. The normalized spacial score (nSPS) is 37.0. The van der Waals surface area contributed by atoms with Gasteiger partial charge in [0.15, 0.2) is 5.54 Å². The summed E-state index contributed by atoms with van der Waals surface area (Å²) in [5.41, 5.74) is -0.898. The molecular weight excluding hydrogens is 317 g/mol. The molecule has 0 bridgehead atoms. The minimum atomic E-state index is -1.39. The van der Waals surface area contributed by atoms with Crippen molar-refractivity contribution in [2.24, 2.45) is 0 Å². The Kier molecular flexibility index (Phi) is 3.50. The molecule has 1 aromatic carbocycles. The number of rotatable bonds is 2. The molecule has 0 saturated carbocycles. The third-order valence-electron chi connectivity index (χ3n) is 4.04. The standard InChI is InChI=1S/C14H13Cl2NO4/c1-21-13(20)14-9(18)5-6-10(19)17(14)12(14)11-7(15)3-2-4-8(11)16/h2-6,9-10,12,18-19H,1H3/t9-,10-,12-,14-,17?/m1/s1. The van der Waals surface area contributed by atoms with E-state index in [1.807, 2.05) is 0 Å². The lowest BCUT2D eigenvalue weighted by atomic mass is 9.92. The quantitative estimate of drug-likeness (QED) is 0.489. The number of methoxy groups -OCH3 is 1. The molecule has 5 atom stereocenters. The van der Waals surface area contributed by atoms with E-state index in [-0.39, 0.29) is 0 Å². The Hall–Kier alpha value is -1.11. The van der Waals surface area contributed by atoms with Crippen molar-refractivity contribution in [1.82, 2.24) is 4.90 Å². The molecule has 1 fully saturated rings. The number of carbonyl (C=O) groups excluding carboxylic acids is 1. The Morgan fingerprint density at radius 3 is 2.48 bits per heavy atom. The number of nitrogens with zero attached hydrogens (tertiary/aromatic N) is 1. The Morgan fingerprint density at radius 1 is 1.29 bits per heavy atom. The topological polar surface area (TPSA) is 69.8 Å². The van der Waals surface area contributed by atoms with Crippen LogP contribution in [-0.4, -0.2) is 46.1 Å². The lowest BCUT2D eigenvalue weighted by Crippen LogP contribution is -2.46. The molecule has 0 amide bonds. The van der Waals surface area contributed by atoms with Crippen molar-refractivity contribution < 1.29 is 19.7 Å². The predicted molar refractivity (Wildman–Crippen MR) is 76.9 cm³/mol. The molecule has 7 heteroatoms. The molecule has 112 valence electrons. The summed E-state index contributed by atoms with van der Waals surface area (Å²) < 4.78 is 4.81. The molecule has 21 heavy (non-hydrogen) atoms. The Morgan fingerprint density at radius 2 is 1.90 bits per heavy atom. The van der Waals surface area contributed by atoms with Gasteiger partial charge in [-0.25, -0.2) is 9.69 Å². The summed E-state index contributed by atoms with van der Waals surface area (Å²) in [6.07, 6.45) is 0.648. The summed E-state index contributed by atoms with van der Waals surface area (Å²) in [6, 6.07) is 4.33. The zero-order valence-electron chi connectivity index (χ0n) is 11.0. The van der Waals surface area contributed by atoms with E-state index in [9.17, 15) is 15.0 Å². The van der Waals surface area contributed by atoms with E-state index in [1.54, 1.807) is 18.2 Å². The average Bonchev–Trinajstić information content (AvgIpc) is 3.14. The largest absolute Gasteiger partial charge is 0.467 e. The van der Waals surface area contributed by atoms with Crippen molar-refractivity contribution in [2.45, 2.75) is 23.9 Å². The summed E-state index contributed by atoms with van der Waals surface area (Å²) in [4.78, 5) is 13.7. The van der Waals surface area contributed by atoms with Crippen molar-refractivity contribution in [1.29, 1.82) is 0 Å². The lowest BCUT2D eigenvalue weighted by molar-refractivity contribution is -0.149. The summed E-state index contributed by atoms with van der Waals surface area (Å²) in [5.74, 6) is -0.639. The summed E-state index contributed by atoms with van der Waals surface area (Å²) >= 11 is 12.4. The van der Waals surface area contributed by atoms with Crippen LogP contribution >= 0.6 is 23.2 Å². The van der Waals surface area contributed by atoms with E-state index in [1.165, 1.54) is 24.2 Å². The smallest absolute Gasteiger partial charge is 0.331 e. The number of hydrogen-bond acceptors (Lipinski definition) is 5. The second kappa shape index (κ2) is 4.97. The molecule has 5 nitrogen and oxygen atoms in total. The molecule has 2 heterocycles. The zero-order chi connectivity index (χ0) is 15.4. The fourth-order valence-corrected chi connectivity index (χ4v) is 3.69. The van der Waals surface area contributed by atoms with Gasteiger partial charge in [0.25, 0.3) is 0 Å². The first-order valence-electron chi connectivity index (χ1n) is 6.31. The number of benzene rings is 1. The summed E-state index contributed by atoms with van der Waals surface area (Å²) in [7, 11) is 1.23. The highest BCUT2D eigenvalue weighted by Gasteiger charge is 2.76. The Bertz CT molecular complexity index is 615. The molecule has 2 N–H and O–H groups in total. The molecule has 2 aliphatic rings. The van der Waals surface area contributed by atoms with Gasteiger partial charge in [0.2, 0.25) is 0 Å². The van der Waals surface area contributed by atoms with Gasteiger partial charge in [-0.3, -0.25) is 0 Å². The monoisotopic (exact) mass is 329 g/mol. The first-order chi connectivity index (χ1) is 9.96. The van der Waals surface area contributed by atoms with Crippen LogP contribution in [0.15, 0.2) is 30.4 Å². The molecule has 3 rings (SSSR count). The van der Waals surface area contributed by atoms with Gasteiger partial charge in [0.05, 0.1) is 13.2 Å². The third-order valence-corrected chi connectivity index (χ3v) is 4.70. The van der Waals surface area contributed by atoms with Crippen LogP contribution in [-0.2, 0) is 9.53 Å². The minimum Gasteiger partial charge on any atom is -0.467 e. The highest BCUT2D eigenvalue weighted by Crippen LogP contribution is 2.61. The number of hydrogen-bond donors (Lipinski definition) is 2. The number of ether oxygens (including phenoxy) is 1. The van der Waals surface area contributed by atoms with Crippen molar-refractivity contribution in [3.05, 3.63) is 46.0 Å². The fourth-order valence-electron chi connectivity index (χ4n) is 3.09. The maximum absolute atomic E-state index is 12.2. The SMILES string of the molecule is COC(=O)[C@]12[C@H](O)C=C[C@@H](O)N1[C@@H]2c1c(Cl)cccc1Cl. The van der Waals surface area contributed by atoms with E-state index in [0.29, 0.717) is 15.6 Å². The van der Waals surface area contributed by atoms with Gasteiger partial charge in [0, 0.05) is 15.6 Å². The highest BCUT2D eigenvalue weighted by atomic mass is 35.5. The van der Waals surface area contributed by atoms with Crippen LogP contribution in [0.3, 0.4) is 0 Å². The second-order valence-electron chi connectivity index (χ2n) is 5.01. The summed E-state index contributed by atoms with van der Waals surface area (Å²) in [5, 5.41) is 21.1. The van der Waals surface area contributed by atoms with E-state index >= 15 is 0 Å². The van der Waals surface area contributed by atoms with Gasteiger partial charge in [-0.1, -0.05) is 35.3 Å². The van der Waals surface area contributed by atoms with E-state index < -0.39 is 29.9 Å². The Labute approximate surface area is 131 Å². The number of fused-ring (bicyclic) bond motifs is 1. The van der Waals surface area contributed by atoms with E-state index in [0.717, 1.165) is 0 Å². The number of carbonyl (C=O) groups is 1. The van der Waals surface area contributed by atoms with E-state index in [4.69, 9.17) is 27.9 Å². The third kappa shape index (κ3) is 1.86. The molecule has 0 aliphatic carbocycles. The van der Waals surface area contributed by atoms with Gasteiger partial charge in [0.1, 0.15) is 12.3 Å². The molecule has 0 radical (unpaired) electrons. The molecular formula is C14H13Cl2NO4. The predicted octanol–water partition coefficient (Wildman–Crippen LogP) is 1.51. The van der Waals surface area contributed by atoms with Crippen LogP contribution in [0.5, 0.6) is 0 Å². The van der Waals surface area contributed by atoms with Crippen LogP contribution in [0.4, 0.5) is 0 Å². The molecule has 1 saturated heterocycles. The Balaban J connectivity index is 2.15. The van der Waals surface area contributed by atoms with Gasteiger partial charge < -0.3 is 14.9 Å². The molecule has 0 spiro atoms. The maximum atomic E-state index is 12.2. The van der Waals surface area contributed by atoms with Crippen LogP contribution in [0.2, 0.25) is 10.0 Å². The van der Waals surface area contributed by atoms with Crippen molar-refractivity contribution >= 4 is 29.2 Å². The van der Waals surface area contributed by atoms with Crippen molar-refractivity contribution in [2.75, 3.05) is 7.11 Å². The minimum absolute atomic E-state index is 0.365. The lowest BCUT2D eigenvalue weighted by Gasteiger charge is -2.24. The van der Waals surface area contributed by atoms with Crippen LogP contribution in [0, 0.1) is 0 Å². The van der Waals surface area contributed by atoms with Gasteiger partial charge in [-0.05, 0) is 18.2 Å². The molecule has 1 aromatic rings. The van der Waals surface area contributed by atoms with Crippen molar-refractivity contribution in [3.63, 3.8) is 0 Å². The molecule has 0 aromatic heterocycles. The first-order valence-corrected chi connectivity index (χ1v) is 7.07. The van der Waals surface area contributed by atoms with Crippen LogP contribution in [0.25, 0.3) is 0 Å². The highest BCUT2D eigenvalue weighted by molar-refractivity contribution is 6.36. The van der Waals surface area contributed by atoms with Gasteiger partial charge >= 0.3 is 5.97 Å². The zero-order valence-corrected chi connectivity index (χ0v) is 12.5. The number of aliphatic hydroxyl groups is 2. The molecule has 1 unspecified atom stereocenters. The number of aliphatic hydroxyl groups excluding tert-OH is 2. The van der Waals surface area contributed by atoms with Crippen LogP contribution in [0.1, 0.15) is 11.6 Å². The first kappa shape index (κ1) is 14.8. The number of esters is 1. The van der Waals surface area contributed by atoms with E-state index in [2.05, 4.69) is 0 Å². The average molecular weight is 330 g/mol. The molecule has 2 aliphatic heterocycles. The van der Waals surface area contributed by atoms with Gasteiger partial charge in [-0.2, -0.15) is 0 Å². The van der Waals surface area contributed by atoms with Crippen molar-refractivity contribution in [3.8, 4) is 0 Å². The summed E-state index contributed by atoms with van der Waals surface area (Å²) in [6.45, 7) is 0. The second-order valence-corrected chi connectivity index (χ2v) is 5.82. The van der Waals surface area contributed by atoms with Gasteiger partial charge in [-0.15, -0.1) is 0 Å². The number of halogens is 2. The fraction of sp³-hybridized carbons (Fsp3) is 0.357. The van der Waals surface area contributed by atoms with Crippen LogP contribution < -0.4 is 0 Å².